The average molecular weight is 397 g/mol. The van der Waals surface area contributed by atoms with Crippen LogP contribution in [0.3, 0.4) is 0 Å². The zero-order chi connectivity index (χ0) is 19.3. The highest BCUT2D eigenvalue weighted by Gasteiger charge is 2.40. The van der Waals surface area contributed by atoms with E-state index < -0.39 is 10.0 Å². The van der Waals surface area contributed by atoms with E-state index in [4.69, 9.17) is 9.47 Å². The van der Waals surface area contributed by atoms with E-state index in [1.807, 2.05) is 12.1 Å². The first-order valence-electron chi connectivity index (χ1n) is 9.15. The number of urea groups is 1. The minimum atomic E-state index is -3.29. The Morgan fingerprint density at radius 3 is 2.63 bits per heavy atom. The molecule has 2 aliphatic heterocycles. The fraction of sp³-hybridized carbons (Fsp3) is 0.611. The third-order valence-corrected chi connectivity index (χ3v) is 6.29. The monoisotopic (exact) mass is 397 g/mol. The molecule has 1 aromatic carbocycles. The Hall–Kier alpha value is -1.68. The van der Waals surface area contributed by atoms with Gasteiger partial charge in [0.05, 0.1) is 25.5 Å². The number of hydrogen-bond acceptors (Lipinski definition) is 5. The lowest BCUT2D eigenvalue weighted by atomic mass is 9.94. The maximum atomic E-state index is 12.5. The number of rotatable bonds is 5. The van der Waals surface area contributed by atoms with Gasteiger partial charge >= 0.3 is 6.03 Å². The molecule has 2 heterocycles. The molecule has 1 unspecified atom stereocenters. The van der Waals surface area contributed by atoms with Gasteiger partial charge in [-0.25, -0.2) is 17.9 Å². The van der Waals surface area contributed by atoms with Crippen molar-refractivity contribution < 1.29 is 22.7 Å². The molecule has 1 atom stereocenters. The van der Waals surface area contributed by atoms with Crippen molar-refractivity contribution in [2.75, 3.05) is 40.0 Å². The number of morpholine rings is 1. The molecule has 2 fully saturated rings. The highest BCUT2D eigenvalue weighted by molar-refractivity contribution is 7.88. The lowest BCUT2D eigenvalue weighted by Crippen LogP contribution is -2.58. The van der Waals surface area contributed by atoms with Crippen LogP contribution < -0.4 is 10.0 Å². The van der Waals surface area contributed by atoms with Crippen LogP contribution in [-0.2, 0) is 31.8 Å². The molecule has 0 aromatic heterocycles. The van der Waals surface area contributed by atoms with Gasteiger partial charge in [-0.3, -0.25) is 0 Å². The summed E-state index contributed by atoms with van der Waals surface area (Å²) in [6, 6.07) is 7.07. The van der Waals surface area contributed by atoms with Gasteiger partial charge in [0.15, 0.2) is 0 Å². The summed E-state index contributed by atoms with van der Waals surface area (Å²) in [5.41, 5.74) is 1.25. The first-order valence-corrected chi connectivity index (χ1v) is 10.8. The molecular weight excluding hydrogens is 370 g/mol. The van der Waals surface area contributed by atoms with Crippen LogP contribution in [0.2, 0.25) is 0 Å². The smallest absolute Gasteiger partial charge is 0.317 e. The molecule has 2 N–H and O–H groups in total. The predicted molar refractivity (Wildman–Crippen MR) is 101 cm³/mol. The van der Waals surface area contributed by atoms with Gasteiger partial charge in [0.1, 0.15) is 5.60 Å². The number of carbonyl (C=O) groups excluding carboxylic acids is 1. The van der Waals surface area contributed by atoms with E-state index in [1.54, 1.807) is 17.0 Å². The second-order valence-corrected chi connectivity index (χ2v) is 8.97. The van der Waals surface area contributed by atoms with Crippen molar-refractivity contribution in [3.05, 3.63) is 35.4 Å². The van der Waals surface area contributed by atoms with Crippen molar-refractivity contribution in [2.45, 2.75) is 30.7 Å². The van der Waals surface area contributed by atoms with E-state index in [-0.39, 0.29) is 17.4 Å². The van der Waals surface area contributed by atoms with Crippen molar-refractivity contribution in [3.8, 4) is 0 Å². The first-order chi connectivity index (χ1) is 12.9. The number of hydrogen-bond donors (Lipinski definition) is 2. The standard InChI is InChI=1S/C18H27N3O5S/c1-19-27(23,24)12-16-5-3-15(4-6-16)11-20-17(22)21-8-10-26-18(13-21)7-2-9-25-14-18/h3-6,19H,2,7-14H2,1H3,(H,20,22). The summed E-state index contributed by atoms with van der Waals surface area (Å²) in [5.74, 6) is -0.0614. The molecule has 1 aromatic rings. The van der Waals surface area contributed by atoms with Crippen LogP contribution in [0.15, 0.2) is 24.3 Å². The highest BCUT2D eigenvalue weighted by Crippen LogP contribution is 2.27. The zero-order valence-electron chi connectivity index (χ0n) is 15.6. The van der Waals surface area contributed by atoms with Crippen LogP contribution in [0.1, 0.15) is 24.0 Å². The Morgan fingerprint density at radius 1 is 1.22 bits per heavy atom. The largest absolute Gasteiger partial charge is 0.378 e. The molecule has 150 valence electrons. The first kappa shape index (κ1) is 20.1. The van der Waals surface area contributed by atoms with Gasteiger partial charge in [-0.05, 0) is 31.0 Å². The van der Waals surface area contributed by atoms with Crippen molar-refractivity contribution >= 4 is 16.1 Å². The predicted octanol–water partition coefficient (Wildman–Crippen LogP) is 0.827. The SMILES string of the molecule is CNS(=O)(=O)Cc1ccc(CNC(=O)N2CCOC3(CCCOC3)C2)cc1. The van der Waals surface area contributed by atoms with E-state index in [9.17, 15) is 13.2 Å². The number of nitrogens with one attached hydrogen (secondary N) is 2. The summed E-state index contributed by atoms with van der Waals surface area (Å²) in [5, 5.41) is 2.93. The summed E-state index contributed by atoms with van der Waals surface area (Å²) < 4.78 is 36.9. The summed E-state index contributed by atoms with van der Waals surface area (Å²) in [6.45, 7) is 3.30. The second-order valence-electron chi connectivity index (χ2n) is 7.05. The van der Waals surface area contributed by atoms with Crippen molar-refractivity contribution in [1.82, 2.24) is 14.9 Å². The molecule has 0 bridgehead atoms. The maximum absolute atomic E-state index is 12.5. The summed E-state index contributed by atoms with van der Waals surface area (Å²) in [4.78, 5) is 14.3. The third-order valence-electron chi connectivity index (χ3n) is 4.96. The molecule has 0 saturated carbocycles. The van der Waals surface area contributed by atoms with E-state index in [2.05, 4.69) is 10.0 Å². The van der Waals surface area contributed by atoms with Crippen LogP contribution >= 0.6 is 0 Å². The normalized spacial score (nSPS) is 23.4. The van der Waals surface area contributed by atoms with E-state index >= 15 is 0 Å². The van der Waals surface area contributed by atoms with Gasteiger partial charge < -0.3 is 19.7 Å². The molecule has 2 saturated heterocycles. The van der Waals surface area contributed by atoms with Crippen LogP contribution in [0.4, 0.5) is 4.79 Å². The molecule has 0 radical (unpaired) electrons. The molecule has 0 aliphatic carbocycles. The number of sulfonamides is 1. The molecule has 9 heteroatoms. The van der Waals surface area contributed by atoms with Crippen LogP contribution in [0, 0.1) is 0 Å². The van der Waals surface area contributed by atoms with Gasteiger partial charge in [0.2, 0.25) is 10.0 Å². The fourth-order valence-corrected chi connectivity index (χ4v) is 4.19. The number of amides is 2. The van der Waals surface area contributed by atoms with Crippen molar-refractivity contribution in [3.63, 3.8) is 0 Å². The average Bonchev–Trinajstić information content (AvgIpc) is 2.67. The van der Waals surface area contributed by atoms with Gasteiger partial charge in [-0.1, -0.05) is 24.3 Å². The fourth-order valence-electron chi connectivity index (χ4n) is 3.42. The van der Waals surface area contributed by atoms with E-state index in [0.717, 1.165) is 25.0 Å². The van der Waals surface area contributed by atoms with Gasteiger partial charge in [0, 0.05) is 19.7 Å². The van der Waals surface area contributed by atoms with Crippen molar-refractivity contribution in [1.29, 1.82) is 0 Å². The maximum Gasteiger partial charge on any atom is 0.317 e. The summed E-state index contributed by atoms with van der Waals surface area (Å²) in [7, 11) is -1.89. The lowest BCUT2D eigenvalue weighted by Gasteiger charge is -2.44. The Morgan fingerprint density at radius 2 is 1.96 bits per heavy atom. The number of benzene rings is 1. The van der Waals surface area contributed by atoms with Gasteiger partial charge in [0.25, 0.3) is 0 Å². The van der Waals surface area contributed by atoms with Crippen LogP contribution in [-0.4, -0.2) is 64.9 Å². The Kier molecular flexibility index (Phi) is 6.36. The lowest BCUT2D eigenvalue weighted by molar-refractivity contribution is -0.160. The minimum Gasteiger partial charge on any atom is -0.378 e. The molecule has 8 nitrogen and oxygen atoms in total. The van der Waals surface area contributed by atoms with Gasteiger partial charge in [-0.15, -0.1) is 0 Å². The topological polar surface area (TPSA) is 97.0 Å². The quantitative estimate of drug-likeness (QED) is 0.767. The zero-order valence-corrected chi connectivity index (χ0v) is 16.4. The highest BCUT2D eigenvalue weighted by atomic mass is 32.2. The Bertz CT molecular complexity index is 739. The summed E-state index contributed by atoms with van der Waals surface area (Å²) in [6.07, 6.45) is 1.86. The van der Waals surface area contributed by atoms with Gasteiger partial charge in [-0.2, -0.15) is 0 Å². The molecule has 2 aliphatic rings. The van der Waals surface area contributed by atoms with E-state index in [1.165, 1.54) is 7.05 Å². The van der Waals surface area contributed by atoms with Crippen LogP contribution in [0.25, 0.3) is 0 Å². The van der Waals surface area contributed by atoms with Crippen LogP contribution in [0.5, 0.6) is 0 Å². The minimum absolute atomic E-state index is 0.0614. The number of ether oxygens (including phenoxy) is 2. The van der Waals surface area contributed by atoms with Crippen molar-refractivity contribution in [2.24, 2.45) is 0 Å². The molecule has 27 heavy (non-hydrogen) atoms. The molecule has 1 spiro atoms. The molecule has 3 rings (SSSR count). The number of nitrogens with zero attached hydrogens (tertiary/aromatic N) is 1. The molecular formula is C18H27N3O5S. The Labute approximate surface area is 160 Å². The third kappa shape index (κ3) is 5.41. The van der Waals surface area contributed by atoms with E-state index in [0.29, 0.717) is 38.4 Å². The second kappa shape index (κ2) is 8.55. The Balaban J connectivity index is 1.51. The number of carbonyl (C=O) groups is 1. The molecule has 2 amide bonds. The summed E-state index contributed by atoms with van der Waals surface area (Å²) >= 11 is 0.